The van der Waals surface area contributed by atoms with E-state index in [-0.39, 0.29) is 46.9 Å². The predicted octanol–water partition coefficient (Wildman–Crippen LogP) is 5.34. The van der Waals surface area contributed by atoms with Crippen LogP contribution in [-0.4, -0.2) is 46.5 Å². The first kappa shape index (κ1) is 29.1. The van der Waals surface area contributed by atoms with Gasteiger partial charge in [-0.15, -0.1) is 10.2 Å². The SMILES string of the molecule is Cc1cc(C#N)cc(C(=O)CC2CCCC2)c1CC(=O)c1cc(Cn2nnc(C(F)(F)F)n2)nn1-c1ncccc1Cl. The molecule has 4 aromatic rings. The van der Waals surface area contributed by atoms with Crippen molar-refractivity contribution in [2.75, 3.05) is 0 Å². The van der Waals surface area contributed by atoms with Crippen LogP contribution in [-0.2, 0) is 19.1 Å². The van der Waals surface area contributed by atoms with E-state index in [1.54, 1.807) is 25.1 Å². The van der Waals surface area contributed by atoms with Crippen molar-refractivity contribution in [3.05, 3.63) is 81.0 Å². The third kappa shape index (κ3) is 6.23. The first-order valence-corrected chi connectivity index (χ1v) is 13.6. The molecule has 0 radical (unpaired) electrons. The number of nitrogens with zero attached hydrogens (tertiary/aromatic N) is 8. The number of rotatable bonds is 9. The molecule has 1 saturated carbocycles. The van der Waals surface area contributed by atoms with Gasteiger partial charge in [0.25, 0.3) is 5.82 Å². The maximum absolute atomic E-state index is 13.8. The van der Waals surface area contributed by atoms with E-state index in [4.69, 9.17) is 11.6 Å². The van der Waals surface area contributed by atoms with Crippen LogP contribution < -0.4 is 0 Å². The number of pyridine rings is 1. The molecule has 42 heavy (non-hydrogen) atoms. The number of hydrogen-bond acceptors (Lipinski definition) is 8. The maximum Gasteiger partial charge on any atom is 0.455 e. The molecule has 5 rings (SSSR count). The quantitative estimate of drug-likeness (QED) is 0.236. The number of alkyl halides is 3. The number of ketones is 2. The number of tetrazole rings is 1. The second kappa shape index (κ2) is 11.8. The Morgan fingerprint density at radius 1 is 1.14 bits per heavy atom. The van der Waals surface area contributed by atoms with Gasteiger partial charge in [-0.1, -0.05) is 37.3 Å². The highest BCUT2D eigenvalue weighted by Crippen LogP contribution is 2.31. The van der Waals surface area contributed by atoms with Crippen LogP contribution in [0.5, 0.6) is 0 Å². The van der Waals surface area contributed by atoms with Crippen LogP contribution in [0.2, 0.25) is 5.02 Å². The molecule has 1 aliphatic rings. The number of aromatic nitrogens is 7. The molecule has 0 atom stereocenters. The molecule has 1 aliphatic carbocycles. The summed E-state index contributed by atoms with van der Waals surface area (Å²) in [6.45, 7) is 1.42. The van der Waals surface area contributed by atoms with Crippen LogP contribution in [0.4, 0.5) is 13.2 Å². The molecular weight excluding hydrogens is 573 g/mol. The van der Waals surface area contributed by atoms with Crippen molar-refractivity contribution in [3.63, 3.8) is 0 Å². The van der Waals surface area contributed by atoms with Crippen molar-refractivity contribution in [1.82, 2.24) is 35.0 Å². The first-order chi connectivity index (χ1) is 20.0. The summed E-state index contributed by atoms with van der Waals surface area (Å²) < 4.78 is 40.1. The van der Waals surface area contributed by atoms with E-state index in [1.165, 1.54) is 23.0 Å². The molecule has 0 bridgehead atoms. The van der Waals surface area contributed by atoms with E-state index in [2.05, 4.69) is 31.6 Å². The first-order valence-electron chi connectivity index (χ1n) is 13.2. The lowest BCUT2D eigenvalue weighted by molar-refractivity contribution is -0.145. The highest BCUT2D eigenvalue weighted by Gasteiger charge is 2.37. The number of benzene rings is 1. The standard InChI is InChI=1S/C28H24ClF3N8O2/c1-16-9-18(14-33)10-21(24(41)11-17-5-2-3-6-17)20(16)13-25(42)23-12-19(15-39-37-27(35-38-39)28(30,31)32)36-40(23)26-22(29)7-4-8-34-26/h4,7-10,12,17H,2-3,5-6,11,13,15H2,1H3. The zero-order valence-corrected chi connectivity index (χ0v) is 23.2. The number of carbonyl (C=O) groups excluding carboxylic acids is 2. The van der Waals surface area contributed by atoms with Gasteiger partial charge in [-0.05, 0) is 59.5 Å². The molecular formula is C28H24ClF3N8O2. The summed E-state index contributed by atoms with van der Waals surface area (Å²) in [5.74, 6) is -1.57. The van der Waals surface area contributed by atoms with Gasteiger partial charge in [0.2, 0.25) is 0 Å². The van der Waals surface area contributed by atoms with Crippen molar-refractivity contribution in [2.45, 2.75) is 58.2 Å². The van der Waals surface area contributed by atoms with E-state index in [9.17, 15) is 28.0 Å². The fourth-order valence-electron chi connectivity index (χ4n) is 5.17. The van der Waals surface area contributed by atoms with Crippen molar-refractivity contribution >= 4 is 23.2 Å². The summed E-state index contributed by atoms with van der Waals surface area (Å²) in [7, 11) is 0. The van der Waals surface area contributed by atoms with Crippen molar-refractivity contribution < 1.29 is 22.8 Å². The zero-order chi connectivity index (χ0) is 30.0. The topological polar surface area (TPSA) is 132 Å². The number of nitriles is 1. The predicted molar refractivity (Wildman–Crippen MR) is 143 cm³/mol. The van der Waals surface area contributed by atoms with E-state index in [0.29, 0.717) is 33.5 Å². The summed E-state index contributed by atoms with van der Waals surface area (Å²) in [5, 5.41) is 23.9. The average Bonchev–Trinajstić information content (AvgIpc) is 3.71. The summed E-state index contributed by atoms with van der Waals surface area (Å²) in [5.41, 5.74) is 1.96. The number of aryl methyl sites for hydroxylation is 1. The van der Waals surface area contributed by atoms with Crippen molar-refractivity contribution in [3.8, 4) is 11.9 Å². The van der Waals surface area contributed by atoms with Gasteiger partial charge in [-0.3, -0.25) is 9.59 Å². The highest BCUT2D eigenvalue weighted by molar-refractivity contribution is 6.32. The normalized spacial score (nSPS) is 13.8. The largest absolute Gasteiger partial charge is 0.455 e. The molecule has 0 spiro atoms. The molecule has 0 aliphatic heterocycles. The van der Waals surface area contributed by atoms with Crippen molar-refractivity contribution in [1.29, 1.82) is 5.26 Å². The van der Waals surface area contributed by atoms with Gasteiger partial charge in [0, 0.05) is 24.6 Å². The van der Waals surface area contributed by atoms with Gasteiger partial charge in [-0.2, -0.15) is 28.3 Å². The lowest BCUT2D eigenvalue weighted by Crippen LogP contribution is -2.16. The molecule has 14 heteroatoms. The number of carbonyl (C=O) groups is 2. The van der Waals surface area contributed by atoms with Gasteiger partial charge in [0.15, 0.2) is 17.4 Å². The average molecular weight is 597 g/mol. The molecule has 0 unspecified atom stereocenters. The fraction of sp³-hybridized carbons (Fsp3) is 0.357. The summed E-state index contributed by atoms with van der Waals surface area (Å²) in [6, 6.07) is 9.78. The fourth-order valence-corrected chi connectivity index (χ4v) is 5.37. The van der Waals surface area contributed by atoms with Gasteiger partial charge in [-0.25, -0.2) is 9.67 Å². The number of hydrogen-bond donors (Lipinski definition) is 0. The van der Waals surface area contributed by atoms with Crippen LogP contribution in [0.1, 0.15) is 81.2 Å². The van der Waals surface area contributed by atoms with Crippen LogP contribution in [0.3, 0.4) is 0 Å². The number of halogens is 4. The minimum atomic E-state index is -4.77. The van der Waals surface area contributed by atoms with Crippen LogP contribution >= 0.6 is 11.6 Å². The second-order valence-electron chi connectivity index (χ2n) is 10.2. The maximum atomic E-state index is 13.8. The Morgan fingerprint density at radius 2 is 1.90 bits per heavy atom. The van der Waals surface area contributed by atoms with Crippen molar-refractivity contribution in [2.24, 2.45) is 5.92 Å². The summed E-state index contributed by atoms with van der Waals surface area (Å²) in [6.07, 6.45) is 0.908. The molecule has 3 aromatic heterocycles. The molecule has 216 valence electrons. The Hall–Kier alpha value is -4.44. The van der Waals surface area contributed by atoms with Gasteiger partial charge in [0.1, 0.15) is 12.2 Å². The van der Waals surface area contributed by atoms with Crippen LogP contribution in [0.15, 0.2) is 36.5 Å². The third-order valence-corrected chi connectivity index (χ3v) is 7.48. The van der Waals surface area contributed by atoms with Gasteiger partial charge >= 0.3 is 6.18 Å². The van der Waals surface area contributed by atoms with Crippen LogP contribution in [0.25, 0.3) is 5.82 Å². The van der Waals surface area contributed by atoms with E-state index < -0.39 is 17.8 Å². The van der Waals surface area contributed by atoms with E-state index in [1.807, 2.05) is 0 Å². The zero-order valence-electron chi connectivity index (χ0n) is 22.4. The Balaban J connectivity index is 1.51. The Morgan fingerprint density at radius 3 is 2.57 bits per heavy atom. The molecule has 3 heterocycles. The summed E-state index contributed by atoms with van der Waals surface area (Å²) in [4.78, 5) is 32.2. The van der Waals surface area contributed by atoms with Crippen LogP contribution in [0, 0.1) is 24.2 Å². The molecule has 0 saturated heterocycles. The van der Waals surface area contributed by atoms with Gasteiger partial charge in [0.05, 0.1) is 22.3 Å². The van der Waals surface area contributed by atoms with E-state index >= 15 is 0 Å². The Bertz CT molecular complexity index is 1700. The second-order valence-corrected chi connectivity index (χ2v) is 10.6. The highest BCUT2D eigenvalue weighted by atomic mass is 35.5. The molecule has 1 fully saturated rings. The Kier molecular flexibility index (Phi) is 8.17. The lowest BCUT2D eigenvalue weighted by atomic mass is 9.88. The van der Waals surface area contributed by atoms with Gasteiger partial charge < -0.3 is 0 Å². The molecule has 1 aromatic carbocycles. The van der Waals surface area contributed by atoms with E-state index in [0.717, 1.165) is 25.7 Å². The number of Topliss-reactive ketones (excluding diaryl/α,β-unsaturated/α-hetero) is 2. The molecule has 0 N–H and O–H groups in total. The molecule has 10 nitrogen and oxygen atoms in total. The minimum absolute atomic E-state index is 0.0414. The smallest absolute Gasteiger partial charge is 0.294 e. The lowest BCUT2D eigenvalue weighted by Gasteiger charge is -2.15. The third-order valence-electron chi connectivity index (χ3n) is 7.18. The minimum Gasteiger partial charge on any atom is -0.294 e. The Labute approximate surface area is 243 Å². The monoisotopic (exact) mass is 596 g/mol. The molecule has 0 amide bonds. The summed E-state index contributed by atoms with van der Waals surface area (Å²) >= 11 is 6.35.